The fraction of sp³-hybridized carbons (Fsp3) is 0.375. The molecule has 1 aromatic rings. The maximum atomic E-state index is 10.9. The molecule has 0 atom stereocenters. The molecule has 14 heavy (non-hydrogen) atoms. The molecular formula is C8H11ClN2O2S. The molecule has 1 aromatic heterocycles. The van der Waals surface area contributed by atoms with Gasteiger partial charge in [-0.2, -0.15) is 0 Å². The molecule has 0 saturated carbocycles. The predicted molar refractivity (Wildman–Crippen MR) is 55.8 cm³/mol. The number of aromatic nitrogens is 1. The second-order valence-electron chi connectivity index (χ2n) is 3.24. The van der Waals surface area contributed by atoms with Crippen LogP contribution in [0.25, 0.3) is 0 Å². The van der Waals surface area contributed by atoms with Gasteiger partial charge < -0.3 is 5.73 Å². The molecule has 0 aliphatic carbocycles. The molecule has 1 rings (SSSR count). The number of nitrogens with two attached hydrogens (primary N) is 1. The van der Waals surface area contributed by atoms with Gasteiger partial charge >= 0.3 is 0 Å². The normalized spacial score (nSPS) is 12.0. The second kappa shape index (κ2) is 3.74. The van der Waals surface area contributed by atoms with Crippen molar-refractivity contribution >= 4 is 25.4 Å². The average molecular weight is 235 g/mol. The van der Waals surface area contributed by atoms with Crippen molar-refractivity contribution in [1.29, 1.82) is 0 Å². The van der Waals surface area contributed by atoms with Gasteiger partial charge in [-0.1, -0.05) is 13.8 Å². The van der Waals surface area contributed by atoms with Crippen LogP contribution in [0.5, 0.6) is 0 Å². The SMILES string of the molecule is CC(C)c1ncc(S(=O)(=O)Cl)cc1N. The molecule has 0 fully saturated rings. The standard InChI is InChI=1S/C8H11ClN2O2S/c1-5(2)8-7(10)3-6(4-11-8)14(9,12)13/h3-5H,10H2,1-2H3. The van der Waals surface area contributed by atoms with E-state index >= 15 is 0 Å². The smallest absolute Gasteiger partial charge is 0.262 e. The number of halogens is 1. The Morgan fingerprint density at radius 3 is 2.43 bits per heavy atom. The molecule has 6 heteroatoms. The highest BCUT2D eigenvalue weighted by atomic mass is 35.7. The van der Waals surface area contributed by atoms with Crippen LogP contribution in [0.2, 0.25) is 0 Å². The Bertz CT molecular complexity index is 443. The van der Waals surface area contributed by atoms with Crippen LogP contribution in [-0.4, -0.2) is 13.4 Å². The Kier molecular flexibility index (Phi) is 3.01. The summed E-state index contributed by atoms with van der Waals surface area (Å²) in [5, 5.41) is 0. The lowest BCUT2D eigenvalue weighted by molar-refractivity contribution is 0.609. The van der Waals surface area contributed by atoms with E-state index in [0.717, 1.165) is 0 Å². The van der Waals surface area contributed by atoms with Crippen LogP contribution in [0.3, 0.4) is 0 Å². The third-order valence-electron chi connectivity index (χ3n) is 1.75. The van der Waals surface area contributed by atoms with Crippen molar-refractivity contribution in [3.05, 3.63) is 18.0 Å². The van der Waals surface area contributed by atoms with Crippen molar-refractivity contribution in [3.8, 4) is 0 Å². The molecule has 0 aromatic carbocycles. The largest absolute Gasteiger partial charge is 0.397 e. The molecule has 78 valence electrons. The second-order valence-corrected chi connectivity index (χ2v) is 5.80. The molecule has 0 spiro atoms. The molecular weight excluding hydrogens is 224 g/mol. The van der Waals surface area contributed by atoms with Gasteiger partial charge in [0.05, 0.1) is 11.4 Å². The molecule has 0 radical (unpaired) electrons. The first kappa shape index (κ1) is 11.3. The first-order chi connectivity index (χ1) is 6.32. The van der Waals surface area contributed by atoms with Gasteiger partial charge in [-0.25, -0.2) is 8.42 Å². The highest BCUT2D eigenvalue weighted by Crippen LogP contribution is 2.23. The molecule has 1 heterocycles. The summed E-state index contributed by atoms with van der Waals surface area (Å²) in [5.74, 6) is 0.155. The molecule has 0 aliphatic rings. The summed E-state index contributed by atoms with van der Waals surface area (Å²) < 4.78 is 21.9. The fourth-order valence-corrected chi connectivity index (χ4v) is 1.79. The van der Waals surface area contributed by atoms with Crippen molar-refractivity contribution in [1.82, 2.24) is 4.98 Å². The molecule has 0 aliphatic heterocycles. The number of pyridine rings is 1. The Balaban J connectivity index is 3.27. The van der Waals surface area contributed by atoms with Gasteiger partial charge in [0.2, 0.25) is 0 Å². The molecule has 0 unspecified atom stereocenters. The van der Waals surface area contributed by atoms with Gasteiger partial charge in [-0.15, -0.1) is 0 Å². The lowest BCUT2D eigenvalue weighted by Crippen LogP contribution is -2.02. The average Bonchev–Trinajstić information content (AvgIpc) is 2.01. The number of nitrogens with zero attached hydrogens (tertiary/aromatic N) is 1. The number of hydrogen-bond donors (Lipinski definition) is 1. The van der Waals surface area contributed by atoms with Crippen LogP contribution < -0.4 is 5.73 Å². The van der Waals surface area contributed by atoms with E-state index in [9.17, 15) is 8.42 Å². The third kappa shape index (κ3) is 2.36. The van der Waals surface area contributed by atoms with Crippen molar-refractivity contribution in [3.63, 3.8) is 0 Å². The van der Waals surface area contributed by atoms with E-state index < -0.39 is 9.05 Å². The van der Waals surface area contributed by atoms with Crippen LogP contribution >= 0.6 is 10.7 Å². The van der Waals surface area contributed by atoms with Gasteiger partial charge in [-0.05, 0) is 12.0 Å². The van der Waals surface area contributed by atoms with Crippen LogP contribution in [0.15, 0.2) is 17.2 Å². The van der Waals surface area contributed by atoms with E-state index in [0.29, 0.717) is 11.4 Å². The van der Waals surface area contributed by atoms with Crippen LogP contribution in [0.1, 0.15) is 25.5 Å². The quantitative estimate of drug-likeness (QED) is 0.791. The number of anilines is 1. The summed E-state index contributed by atoms with van der Waals surface area (Å²) in [4.78, 5) is 3.89. The summed E-state index contributed by atoms with van der Waals surface area (Å²) in [7, 11) is 1.40. The van der Waals surface area contributed by atoms with E-state index in [-0.39, 0.29) is 10.8 Å². The first-order valence-corrected chi connectivity index (χ1v) is 6.33. The van der Waals surface area contributed by atoms with E-state index in [4.69, 9.17) is 16.4 Å². The van der Waals surface area contributed by atoms with E-state index in [1.54, 1.807) is 0 Å². The summed E-state index contributed by atoms with van der Waals surface area (Å²) in [6.07, 6.45) is 1.22. The maximum Gasteiger partial charge on any atom is 0.262 e. The summed E-state index contributed by atoms with van der Waals surface area (Å²) >= 11 is 0. The van der Waals surface area contributed by atoms with Crippen LogP contribution in [-0.2, 0) is 9.05 Å². The van der Waals surface area contributed by atoms with Crippen LogP contribution in [0, 0.1) is 0 Å². The maximum absolute atomic E-state index is 10.9. The highest BCUT2D eigenvalue weighted by molar-refractivity contribution is 8.13. The van der Waals surface area contributed by atoms with Crippen LogP contribution in [0.4, 0.5) is 5.69 Å². The zero-order valence-electron chi connectivity index (χ0n) is 7.86. The van der Waals surface area contributed by atoms with Gasteiger partial charge in [0.1, 0.15) is 4.90 Å². The first-order valence-electron chi connectivity index (χ1n) is 4.02. The Morgan fingerprint density at radius 2 is 2.07 bits per heavy atom. The molecule has 0 saturated heterocycles. The summed E-state index contributed by atoms with van der Waals surface area (Å²) in [5.41, 5.74) is 6.66. The predicted octanol–water partition coefficient (Wildman–Crippen LogP) is 1.71. The monoisotopic (exact) mass is 234 g/mol. The van der Waals surface area contributed by atoms with Crippen molar-refractivity contribution in [2.45, 2.75) is 24.7 Å². The van der Waals surface area contributed by atoms with E-state index in [2.05, 4.69) is 4.98 Å². The summed E-state index contributed by atoms with van der Waals surface area (Å²) in [6.45, 7) is 3.85. The highest BCUT2D eigenvalue weighted by Gasteiger charge is 2.14. The zero-order chi connectivity index (χ0) is 10.9. The topological polar surface area (TPSA) is 73.0 Å². The van der Waals surface area contributed by atoms with Crippen molar-refractivity contribution < 1.29 is 8.42 Å². The van der Waals surface area contributed by atoms with Gasteiger partial charge in [0.15, 0.2) is 0 Å². The Hall–Kier alpha value is -0.810. The lowest BCUT2D eigenvalue weighted by atomic mass is 10.1. The molecule has 2 N–H and O–H groups in total. The Labute approximate surface area is 87.5 Å². The van der Waals surface area contributed by atoms with Gasteiger partial charge in [-0.3, -0.25) is 4.98 Å². The minimum absolute atomic E-state index is 0.0685. The minimum Gasteiger partial charge on any atom is -0.397 e. The van der Waals surface area contributed by atoms with Crippen molar-refractivity contribution in [2.24, 2.45) is 0 Å². The number of nitrogen functional groups attached to an aromatic ring is 1. The number of hydrogen-bond acceptors (Lipinski definition) is 4. The molecule has 0 amide bonds. The number of rotatable bonds is 2. The molecule has 4 nitrogen and oxygen atoms in total. The van der Waals surface area contributed by atoms with E-state index in [1.165, 1.54) is 12.3 Å². The van der Waals surface area contributed by atoms with Gasteiger partial charge in [0.25, 0.3) is 9.05 Å². The minimum atomic E-state index is -3.74. The third-order valence-corrected chi connectivity index (χ3v) is 3.07. The van der Waals surface area contributed by atoms with Gasteiger partial charge in [0, 0.05) is 16.9 Å². The fourth-order valence-electron chi connectivity index (χ4n) is 1.09. The molecule has 0 bridgehead atoms. The van der Waals surface area contributed by atoms with E-state index in [1.807, 2.05) is 13.8 Å². The summed E-state index contributed by atoms with van der Waals surface area (Å²) in [6, 6.07) is 1.32. The lowest BCUT2D eigenvalue weighted by Gasteiger charge is -2.08. The Morgan fingerprint density at radius 1 is 1.50 bits per heavy atom. The van der Waals surface area contributed by atoms with Crippen molar-refractivity contribution in [2.75, 3.05) is 5.73 Å². The zero-order valence-corrected chi connectivity index (χ0v) is 9.43.